The number of aliphatic hydroxyl groups excluding tert-OH is 1. The van der Waals surface area contributed by atoms with E-state index >= 15 is 0 Å². The van der Waals surface area contributed by atoms with Crippen molar-refractivity contribution in [2.75, 3.05) is 0 Å². The molecule has 1 aliphatic carbocycles. The molecule has 1 N–H and O–H groups in total. The molecule has 0 aromatic rings. The van der Waals surface area contributed by atoms with Gasteiger partial charge in [-0.15, -0.1) is 0 Å². The molecule has 2 bridgehead atoms. The highest BCUT2D eigenvalue weighted by Crippen LogP contribution is 2.44. The van der Waals surface area contributed by atoms with E-state index in [9.17, 15) is 9.90 Å². The highest BCUT2D eigenvalue weighted by atomic mass is 28.4. The molecule has 18 heavy (non-hydrogen) atoms. The van der Waals surface area contributed by atoms with E-state index in [4.69, 9.17) is 9.16 Å². The van der Waals surface area contributed by atoms with Crippen LogP contribution in [0.1, 0.15) is 27.2 Å². The van der Waals surface area contributed by atoms with Gasteiger partial charge in [-0.3, -0.25) is 0 Å². The largest absolute Gasteiger partial charge is 0.457 e. The minimum Gasteiger partial charge on any atom is -0.457 e. The van der Waals surface area contributed by atoms with Gasteiger partial charge in [0.05, 0.1) is 0 Å². The van der Waals surface area contributed by atoms with Crippen LogP contribution in [0.3, 0.4) is 0 Å². The third-order valence-electron chi connectivity index (χ3n) is 4.30. The second kappa shape index (κ2) is 3.92. The van der Waals surface area contributed by atoms with Crippen LogP contribution in [0.2, 0.25) is 18.1 Å². The molecule has 3 atom stereocenters. The molecule has 0 aromatic heterocycles. The second-order valence-electron chi connectivity index (χ2n) is 6.75. The fourth-order valence-corrected chi connectivity index (χ4v) is 3.54. The molecule has 2 aliphatic rings. The Bertz CT molecular complexity index is 396. The van der Waals surface area contributed by atoms with Gasteiger partial charge in [0, 0.05) is 6.42 Å². The lowest BCUT2D eigenvalue weighted by atomic mass is 9.91. The molecule has 1 heterocycles. The lowest BCUT2D eigenvalue weighted by Gasteiger charge is -2.41. The van der Waals surface area contributed by atoms with Crippen LogP contribution in [0.5, 0.6) is 0 Å². The Morgan fingerprint density at radius 3 is 2.67 bits per heavy atom. The number of carbonyl (C=O) groups excluding carboxylic acids is 1. The number of hydrogen-bond donors (Lipinski definition) is 1. The molecular formula is C13H22O4Si. The van der Waals surface area contributed by atoms with Crippen molar-refractivity contribution in [2.24, 2.45) is 0 Å². The molecule has 0 radical (unpaired) electrons. The fraction of sp³-hybridized carbons (Fsp3) is 0.769. The molecule has 1 saturated heterocycles. The van der Waals surface area contributed by atoms with Crippen LogP contribution in [-0.2, 0) is 14.0 Å². The van der Waals surface area contributed by atoms with E-state index in [1.807, 2.05) is 0 Å². The summed E-state index contributed by atoms with van der Waals surface area (Å²) in [4.78, 5) is 12.0. The molecule has 4 nitrogen and oxygen atoms in total. The van der Waals surface area contributed by atoms with E-state index in [-0.39, 0.29) is 11.0 Å². The van der Waals surface area contributed by atoms with E-state index in [0.29, 0.717) is 6.42 Å². The van der Waals surface area contributed by atoms with E-state index in [1.54, 1.807) is 12.2 Å². The zero-order valence-electron chi connectivity index (χ0n) is 11.7. The van der Waals surface area contributed by atoms with Crippen molar-refractivity contribution in [3.8, 4) is 0 Å². The Balaban J connectivity index is 2.28. The predicted octanol–water partition coefficient (Wildman–Crippen LogP) is 1.99. The maximum atomic E-state index is 12.0. The van der Waals surface area contributed by atoms with Gasteiger partial charge in [0.1, 0.15) is 12.2 Å². The minimum absolute atomic E-state index is 0.0318. The number of esters is 1. The van der Waals surface area contributed by atoms with Crippen molar-refractivity contribution in [1.29, 1.82) is 0 Å². The Hall–Kier alpha value is -0.653. The van der Waals surface area contributed by atoms with Crippen molar-refractivity contribution < 1.29 is 19.1 Å². The second-order valence-corrected chi connectivity index (χ2v) is 11.5. The highest BCUT2D eigenvalue weighted by Gasteiger charge is 2.56. The summed E-state index contributed by atoms with van der Waals surface area (Å²) in [6, 6.07) is 0. The first-order chi connectivity index (χ1) is 8.07. The maximum absolute atomic E-state index is 12.0. The summed E-state index contributed by atoms with van der Waals surface area (Å²) >= 11 is 0. The summed E-state index contributed by atoms with van der Waals surface area (Å²) in [5, 5.41) is 9.71. The zero-order valence-corrected chi connectivity index (χ0v) is 12.7. The van der Waals surface area contributed by atoms with Crippen LogP contribution >= 0.6 is 0 Å². The van der Waals surface area contributed by atoms with Crippen molar-refractivity contribution in [3.63, 3.8) is 0 Å². The molecular weight excluding hydrogens is 248 g/mol. The summed E-state index contributed by atoms with van der Waals surface area (Å²) < 4.78 is 11.5. The Morgan fingerprint density at radius 1 is 1.50 bits per heavy atom. The number of hydrogen-bond acceptors (Lipinski definition) is 4. The number of ether oxygens (including phenoxy) is 1. The third-order valence-corrected chi connectivity index (χ3v) is 8.78. The summed E-state index contributed by atoms with van der Waals surface area (Å²) in [5.74, 6) is -0.356. The van der Waals surface area contributed by atoms with Crippen molar-refractivity contribution in [1.82, 2.24) is 0 Å². The van der Waals surface area contributed by atoms with Gasteiger partial charge >= 0.3 is 5.97 Å². The minimum atomic E-state index is -2.06. The van der Waals surface area contributed by atoms with Crippen molar-refractivity contribution in [3.05, 3.63) is 12.2 Å². The average molecular weight is 270 g/mol. The molecule has 5 heteroatoms. The number of rotatable bonds is 2. The van der Waals surface area contributed by atoms with E-state index in [0.717, 1.165) is 0 Å². The zero-order chi connectivity index (χ0) is 13.8. The van der Waals surface area contributed by atoms with Gasteiger partial charge in [0.15, 0.2) is 13.9 Å². The Labute approximate surface area is 109 Å². The molecule has 1 aliphatic heterocycles. The van der Waals surface area contributed by atoms with Gasteiger partial charge in [-0.25, -0.2) is 4.79 Å². The number of aliphatic hydroxyl groups is 1. The lowest BCUT2D eigenvalue weighted by Crippen LogP contribution is -2.52. The van der Waals surface area contributed by atoms with Gasteiger partial charge in [-0.05, 0) is 24.2 Å². The molecule has 0 amide bonds. The fourth-order valence-electron chi connectivity index (χ4n) is 2.09. The monoisotopic (exact) mass is 270 g/mol. The summed E-state index contributed by atoms with van der Waals surface area (Å²) in [6.45, 7) is 10.6. The van der Waals surface area contributed by atoms with Gasteiger partial charge in [-0.1, -0.05) is 26.8 Å². The smallest absolute Gasteiger partial charge is 0.341 e. The Morgan fingerprint density at radius 2 is 2.11 bits per heavy atom. The molecule has 102 valence electrons. The molecule has 0 aromatic carbocycles. The quantitative estimate of drug-likeness (QED) is 0.474. The van der Waals surface area contributed by atoms with Crippen LogP contribution in [-0.4, -0.2) is 37.2 Å². The first kappa shape index (κ1) is 13.8. The van der Waals surface area contributed by atoms with Gasteiger partial charge in [-0.2, -0.15) is 0 Å². The average Bonchev–Trinajstić information content (AvgIpc) is 2.45. The maximum Gasteiger partial charge on any atom is 0.341 e. The van der Waals surface area contributed by atoms with Crippen LogP contribution in [0.15, 0.2) is 12.2 Å². The molecule has 1 fully saturated rings. The van der Waals surface area contributed by atoms with Crippen LogP contribution < -0.4 is 0 Å². The van der Waals surface area contributed by atoms with E-state index in [2.05, 4.69) is 33.9 Å². The van der Waals surface area contributed by atoms with Crippen LogP contribution in [0, 0.1) is 0 Å². The third kappa shape index (κ3) is 2.04. The first-order valence-corrected chi connectivity index (χ1v) is 9.27. The number of fused-ring (bicyclic) bond motifs is 2. The lowest BCUT2D eigenvalue weighted by molar-refractivity contribution is -0.151. The normalized spacial score (nSPS) is 35.8. The standard InChI is InChI=1S/C13H22O4Si/c1-12(2,3)18(4,5)17-13-7-6-9(14)10(8-13)16-11(13)15/h6-7,9-10,14H,8H2,1-5H3/t9-,10+,13+/m1/s1. The van der Waals surface area contributed by atoms with Gasteiger partial charge < -0.3 is 14.3 Å². The Kier molecular flexibility index (Phi) is 3.00. The highest BCUT2D eigenvalue weighted by molar-refractivity contribution is 6.74. The summed E-state index contributed by atoms with van der Waals surface area (Å²) in [5.41, 5.74) is -0.965. The summed E-state index contributed by atoms with van der Waals surface area (Å²) in [6.07, 6.45) is 2.58. The van der Waals surface area contributed by atoms with Crippen LogP contribution in [0.4, 0.5) is 0 Å². The van der Waals surface area contributed by atoms with E-state index in [1.165, 1.54) is 0 Å². The first-order valence-electron chi connectivity index (χ1n) is 6.36. The molecule has 0 saturated carbocycles. The van der Waals surface area contributed by atoms with Gasteiger partial charge in [0.2, 0.25) is 0 Å². The SMILES string of the molecule is CC(C)(C)[Si](C)(C)O[C@@]12C=C[C@@H](O)[C@H](C1)OC2=O. The molecule has 2 rings (SSSR count). The molecule has 0 spiro atoms. The topological polar surface area (TPSA) is 55.8 Å². The van der Waals surface area contributed by atoms with Crippen molar-refractivity contribution in [2.45, 2.75) is 63.1 Å². The predicted molar refractivity (Wildman–Crippen MR) is 70.7 cm³/mol. The van der Waals surface area contributed by atoms with Gasteiger partial charge in [0.25, 0.3) is 0 Å². The number of carbonyl (C=O) groups is 1. The van der Waals surface area contributed by atoms with Crippen molar-refractivity contribution >= 4 is 14.3 Å². The molecule has 0 unspecified atom stereocenters. The summed E-state index contributed by atoms with van der Waals surface area (Å²) in [7, 11) is -2.06. The van der Waals surface area contributed by atoms with Crippen LogP contribution in [0.25, 0.3) is 0 Å². The van der Waals surface area contributed by atoms with E-state index < -0.39 is 26.1 Å².